The lowest BCUT2D eigenvalue weighted by Crippen LogP contribution is -2.36. The topological polar surface area (TPSA) is 172 Å². The highest BCUT2D eigenvalue weighted by atomic mass is 16.4. The number of Topliss-reactive ketones (excluding diaryl/α,β-unsaturated/α-hetero) is 1. The summed E-state index contributed by atoms with van der Waals surface area (Å²) in [5.41, 5.74) is 15.1. The molecule has 7 N–H and O–H groups in total. The number of carboxylic acid groups (broad SMARTS) is 1. The predicted octanol–water partition coefficient (Wildman–Crippen LogP) is 2.36. The van der Waals surface area contributed by atoms with Crippen LogP contribution in [0.2, 0.25) is 0 Å². The normalized spacial score (nSPS) is 14.7. The van der Waals surface area contributed by atoms with E-state index >= 15 is 0 Å². The number of nitrogens with one attached hydrogen (secondary N) is 2. The largest absolute Gasteiger partial charge is 0.480 e. The van der Waals surface area contributed by atoms with Crippen LogP contribution >= 0.6 is 0 Å². The third-order valence-electron chi connectivity index (χ3n) is 6.10. The number of carboxylic acids is 1. The molecule has 0 saturated carbocycles. The smallest absolute Gasteiger partial charge is 0.320 e. The number of ketones is 3. The maximum Gasteiger partial charge on any atom is 0.320 e. The van der Waals surface area contributed by atoms with Gasteiger partial charge in [0, 0.05) is 46.7 Å². The molecular formula is C28H26N4O5. The summed E-state index contributed by atoms with van der Waals surface area (Å²) in [7, 11) is 0. The molecule has 0 aliphatic heterocycles. The van der Waals surface area contributed by atoms with Gasteiger partial charge >= 0.3 is 5.97 Å². The Morgan fingerprint density at radius 1 is 0.784 bits per heavy atom. The van der Waals surface area contributed by atoms with Crippen molar-refractivity contribution in [3.05, 3.63) is 95.9 Å². The molecule has 2 atom stereocenters. The second kappa shape index (κ2) is 11.0. The fraction of sp³-hybridized carbons (Fsp3) is 0.143. The number of aromatic nitrogens is 2. The lowest BCUT2D eigenvalue weighted by Gasteiger charge is -2.12. The van der Waals surface area contributed by atoms with Crippen molar-refractivity contribution in [2.45, 2.75) is 24.9 Å². The van der Waals surface area contributed by atoms with Crippen molar-refractivity contribution in [1.29, 1.82) is 0 Å². The Kier molecular flexibility index (Phi) is 7.57. The SMILES string of the molecule is NC(Cc1c[nH]c2ccccc12)C(=O)C1=CC(=O)C=CC1=O.NC(Cc1c[nH]c2ccccc12)C(=O)O. The number of rotatable bonds is 7. The second-order valence-electron chi connectivity index (χ2n) is 8.70. The second-order valence-corrected chi connectivity index (χ2v) is 8.70. The number of H-pyrrole nitrogens is 2. The first-order valence-electron chi connectivity index (χ1n) is 11.6. The summed E-state index contributed by atoms with van der Waals surface area (Å²) in [6.45, 7) is 0. The fourth-order valence-electron chi connectivity index (χ4n) is 4.16. The van der Waals surface area contributed by atoms with Gasteiger partial charge in [-0.15, -0.1) is 0 Å². The lowest BCUT2D eigenvalue weighted by atomic mass is 9.93. The molecular weight excluding hydrogens is 472 g/mol. The van der Waals surface area contributed by atoms with Crippen molar-refractivity contribution >= 4 is 45.1 Å². The highest BCUT2D eigenvalue weighted by molar-refractivity contribution is 6.31. The number of hydrogen-bond acceptors (Lipinski definition) is 6. The van der Waals surface area contributed by atoms with E-state index in [1.165, 1.54) is 0 Å². The van der Waals surface area contributed by atoms with Crippen LogP contribution in [0.4, 0.5) is 0 Å². The van der Waals surface area contributed by atoms with Gasteiger partial charge in [-0.25, -0.2) is 0 Å². The minimum Gasteiger partial charge on any atom is -0.480 e. The van der Waals surface area contributed by atoms with Gasteiger partial charge in [0.15, 0.2) is 17.3 Å². The maximum atomic E-state index is 12.3. The number of aliphatic carboxylic acids is 1. The van der Waals surface area contributed by atoms with Crippen LogP contribution < -0.4 is 11.5 Å². The van der Waals surface area contributed by atoms with E-state index in [9.17, 15) is 19.2 Å². The van der Waals surface area contributed by atoms with Crippen LogP contribution in [0.25, 0.3) is 21.8 Å². The molecule has 1 aliphatic rings. The standard InChI is InChI=1S/C17H14N2O3.C11H12N2O2/c18-14(17(22)13-8-11(20)5-6-16(13)21)7-10-9-19-15-4-2-1-3-12(10)15;12-9(11(14)15)5-7-6-13-10-4-2-1-3-8(7)10/h1-6,8-9,14,19H,7,18H2;1-4,6,9,13H,5,12H2,(H,14,15). The minimum atomic E-state index is -0.972. The predicted molar refractivity (Wildman–Crippen MR) is 140 cm³/mol. The summed E-state index contributed by atoms with van der Waals surface area (Å²) in [4.78, 5) is 52.2. The van der Waals surface area contributed by atoms with Crippen molar-refractivity contribution < 1.29 is 24.3 Å². The summed E-state index contributed by atoms with van der Waals surface area (Å²) in [5.74, 6) is -2.32. The Hall–Kier alpha value is -4.60. The highest BCUT2D eigenvalue weighted by Crippen LogP contribution is 2.20. The van der Waals surface area contributed by atoms with Gasteiger partial charge in [0.25, 0.3) is 0 Å². The van der Waals surface area contributed by atoms with E-state index in [0.29, 0.717) is 12.8 Å². The van der Waals surface area contributed by atoms with E-state index in [1.807, 2.05) is 54.7 Å². The Labute approximate surface area is 211 Å². The van der Waals surface area contributed by atoms with E-state index in [4.69, 9.17) is 16.6 Å². The molecule has 4 aromatic rings. The van der Waals surface area contributed by atoms with Crippen LogP contribution in [0.5, 0.6) is 0 Å². The zero-order valence-electron chi connectivity index (χ0n) is 19.8. The first-order valence-corrected chi connectivity index (χ1v) is 11.6. The van der Waals surface area contributed by atoms with Gasteiger partial charge in [0.05, 0.1) is 11.6 Å². The fourth-order valence-corrected chi connectivity index (χ4v) is 4.16. The minimum absolute atomic E-state index is 0.139. The number of carbonyl (C=O) groups is 4. The molecule has 5 rings (SSSR count). The summed E-state index contributed by atoms with van der Waals surface area (Å²) < 4.78 is 0. The number of aromatic amines is 2. The van der Waals surface area contributed by atoms with Gasteiger partial charge in [0.2, 0.25) is 0 Å². The van der Waals surface area contributed by atoms with Gasteiger partial charge in [-0.1, -0.05) is 36.4 Å². The van der Waals surface area contributed by atoms with Gasteiger partial charge < -0.3 is 26.5 Å². The van der Waals surface area contributed by atoms with Crippen LogP contribution in [0.15, 0.2) is 84.7 Å². The molecule has 0 radical (unpaired) electrons. The molecule has 2 aromatic heterocycles. The molecule has 2 heterocycles. The number of hydrogen-bond donors (Lipinski definition) is 5. The van der Waals surface area contributed by atoms with Gasteiger partial charge in [-0.05, 0) is 41.8 Å². The average Bonchev–Trinajstić information content (AvgIpc) is 3.49. The van der Waals surface area contributed by atoms with Crippen LogP contribution in [0.1, 0.15) is 11.1 Å². The maximum absolute atomic E-state index is 12.3. The van der Waals surface area contributed by atoms with Crippen molar-refractivity contribution in [3.8, 4) is 0 Å². The summed E-state index contributed by atoms with van der Waals surface area (Å²) in [5, 5.41) is 10.7. The number of benzene rings is 2. The van der Waals surface area contributed by atoms with Crippen molar-refractivity contribution in [2.24, 2.45) is 11.5 Å². The summed E-state index contributed by atoms with van der Waals surface area (Å²) in [6.07, 6.45) is 7.57. The third-order valence-corrected chi connectivity index (χ3v) is 6.10. The first kappa shape index (κ1) is 25.5. The van der Waals surface area contributed by atoms with Crippen molar-refractivity contribution in [1.82, 2.24) is 9.97 Å². The van der Waals surface area contributed by atoms with E-state index in [2.05, 4.69) is 9.97 Å². The molecule has 37 heavy (non-hydrogen) atoms. The molecule has 188 valence electrons. The Morgan fingerprint density at radius 2 is 1.30 bits per heavy atom. The van der Waals surface area contributed by atoms with Crippen LogP contribution in [0, 0.1) is 0 Å². The molecule has 2 unspecified atom stereocenters. The number of fused-ring (bicyclic) bond motifs is 2. The zero-order valence-corrected chi connectivity index (χ0v) is 19.8. The molecule has 0 saturated heterocycles. The van der Waals surface area contributed by atoms with E-state index < -0.39 is 29.6 Å². The number of allylic oxidation sites excluding steroid dienone is 3. The summed E-state index contributed by atoms with van der Waals surface area (Å²) >= 11 is 0. The quantitative estimate of drug-likeness (QED) is 0.192. The summed E-state index contributed by atoms with van der Waals surface area (Å²) in [6, 6.07) is 13.7. The van der Waals surface area contributed by atoms with Gasteiger partial charge in [0.1, 0.15) is 6.04 Å². The van der Waals surface area contributed by atoms with Crippen molar-refractivity contribution in [2.75, 3.05) is 0 Å². The Morgan fingerprint density at radius 3 is 1.84 bits per heavy atom. The van der Waals surface area contributed by atoms with Crippen LogP contribution in [0.3, 0.4) is 0 Å². The number of carbonyl (C=O) groups excluding carboxylic acids is 3. The molecule has 1 aliphatic carbocycles. The lowest BCUT2D eigenvalue weighted by molar-refractivity contribution is -0.138. The van der Waals surface area contributed by atoms with Crippen LogP contribution in [-0.4, -0.2) is 50.5 Å². The van der Waals surface area contributed by atoms with Gasteiger partial charge in [-0.2, -0.15) is 0 Å². The third kappa shape index (κ3) is 5.80. The molecule has 9 heteroatoms. The highest BCUT2D eigenvalue weighted by Gasteiger charge is 2.26. The van der Waals surface area contributed by atoms with E-state index in [1.54, 1.807) is 6.20 Å². The Bertz CT molecular complexity index is 1560. The molecule has 0 amide bonds. The van der Waals surface area contributed by atoms with Crippen molar-refractivity contribution in [3.63, 3.8) is 0 Å². The molecule has 0 bridgehead atoms. The molecule has 0 spiro atoms. The van der Waals surface area contributed by atoms with E-state index in [0.717, 1.165) is 51.2 Å². The van der Waals surface area contributed by atoms with Crippen LogP contribution in [-0.2, 0) is 32.0 Å². The average molecular weight is 499 g/mol. The number of nitrogens with two attached hydrogens (primary N) is 2. The van der Waals surface area contributed by atoms with Gasteiger partial charge in [-0.3, -0.25) is 19.2 Å². The Balaban J connectivity index is 0.000000186. The monoisotopic (exact) mass is 498 g/mol. The molecule has 2 aromatic carbocycles. The van der Waals surface area contributed by atoms with E-state index in [-0.39, 0.29) is 11.4 Å². The molecule has 0 fully saturated rings. The zero-order chi connectivity index (χ0) is 26.5. The number of para-hydroxylation sites is 2. The first-order chi connectivity index (χ1) is 17.7. The molecule has 9 nitrogen and oxygen atoms in total.